The Balaban J connectivity index is 0.00000162. The van der Waals surface area contributed by atoms with E-state index in [1.54, 1.807) is 6.07 Å². The highest BCUT2D eigenvalue weighted by molar-refractivity contribution is 5.85. The third kappa shape index (κ3) is 3.86. The summed E-state index contributed by atoms with van der Waals surface area (Å²) in [6.07, 6.45) is -3.35. The highest BCUT2D eigenvalue weighted by Gasteiger charge is 2.30. The number of benzene rings is 1. The molecule has 0 aromatic heterocycles. The Bertz CT molecular complexity index is 395. The van der Waals surface area contributed by atoms with E-state index in [0.717, 1.165) is 25.6 Å². The number of rotatable bonds is 2. The van der Waals surface area contributed by atoms with Gasteiger partial charge in [0.25, 0.3) is 0 Å². The van der Waals surface area contributed by atoms with Crippen molar-refractivity contribution in [3.63, 3.8) is 0 Å². The molecule has 0 radical (unpaired) electrons. The zero-order chi connectivity index (χ0) is 12.5. The number of likely N-dealkylation sites (tertiary alicyclic amines) is 1. The number of nitrogens with zero attached hydrogens (tertiary/aromatic N) is 1. The molecule has 1 unspecified atom stereocenters. The molecule has 2 rings (SSSR count). The monoisotopic (exact) mass is 280 g/mol. The molecule has 1 aliphatic heterocycles. The summed E-state index contributed by atoms with van der Waals surface area (Å²) in [6, 6.07) is 5.64. The molecule has 18 heavy (non-hydrogen) atoms. The van der Waals surface area contributed by atoms with Crippen molar-refractivity contribution in [2.45, 2.75) is 25.2 Å². The molecule has 0 bridgehead atoms. The molecule has 1 aromatic rings. The first-order chi connectivity index (χ1) is 7.95. The van der Waals surface area contributed by atoms with Crippen molar-refractivity contribution in [3.05, 3.63) is 35.4 Å². The van der Waals surface area contributed by atoms with Gasteiger partial charge in [0.1, 0.15) is 0 Å². The Labute approximate surface area is 110 Å². The Hall–Kier alpha value is -0.780. The lowest BCUT2D eigenvalue weighted by atomic mass is 10.1. The van der Waals surface area contributed by atoms with Gasteiger partial charge in [-0.25, -0.2) is 0 Å². The van der Waals surface area contributed by atoms with E-state index >= 15 is 0 Å². The molecule has 1 saturated heterocycles. The molecule has 6 heteroatoms. The first-order valence-electron chi connectivity index (χ1n) is 5.59. The number of hydrogen-bond acceptors (Lipinski definition) is 2. The first kappa shape index (κ1) is 15.3. The standard InChI is InChI=1S/C12H15F3N2.ClH/c13-12(14,15)10-3-1-2-9(6-10)7-17-5-4-11(16)8-17;/h1-3,6,11H,4-5,7-8,16H2;1H. The van der Waals surface area contributed by atoms with Crippen molar-refractivity contribution in [1.29, 1.82) is 0 Å². The Morgan fingerprint density at radius 1 is 1.33 bits per heavy atom. The second-order valence-corrected chi connectivity index (χ2v) is 4.48. The Morgan fingerprint density at radius 2 is 2.06 bits per heavy atom. The van der Waals surface area contributed by atoms with E-state index in [1.807, 2.05) is 0 Å². The molecular weight excluding hydrogens is 265 g/mol. The number of nitrogens with two attached hydrogens (primary N) is 1. The Morgan fingerprint density at radius 3 is 2.61 bits per heavy atom. The lowest BCUT2D eigenvalue weighted by molar-refractivity contribution is -0.137. The first-order valence-corrected chi connectivity index (χ1v) is 5.59. The number of hydrogen-bond donors (Lipinski definition) is 1. The molecule has 0 saturated carbocycles. The third-order valence-corrected chi connectivity index (χ3v) is 2.97. The van der Waals surface area contributed by atoms with Crippen molar-refractivity contribution in [1.82, 2.24) is 4.90 Å². The van der Waals surface area contributed by atoms with Crippen LogP contribution in [0.25, 0.3) is 0 Å². The van der Waals surface area contributed by atoms with Crippen LogP contribution in [-0.4, -0.2) is 24.0 Å². The van der Waals surface area contributed by atoms with Crippen molar-refractivity contribution in [2.75, 3.05) is 13.1 Å². The van der Waals surface area contributed by atoms with Gasteiger partial charge in [0.2, 0.25) is 0 Å². The summed E-state index contributed by atoms with van der Waals surface area (Å²) in [4.78, 5) is 2.08. The maximum Gasteiger partial charge on any atom is 0.416 e. The van der Waals surface area contributed by atoms with Crippen LogP contribution in [0.2, 0.25) is 0 Å². The van der Waals surface area contributed by atoms with E-state index in [2.05, 4.69) is 4.90 Å². The zero-order valence-corrected chi connectivity index (χ0v) is 10.6. The van der Waals surface area contributed by atoms with Crippen molar-refractivity contribution >= 4 is 12.4 Å². The Kier molecular flexibility index (Phi) is 5.01. The van der Waals surface area contributed by atoms with E-state index in [0.29, 0.717) is 12.1 Å². The minimum Gasteiger partial charge on any atom is -0.326 e. The molecule has 0 amide bonds. The minimum atomic E-state index is -4.27. The lowest BCUT2D eigenvalue weighted by Crippen LogP contribution is -2.26. The molecule has 2 N–H and O–H groups in total. The molecule has 1 fully saturated rings. The summed E-state index contributed by atoms with van der Waals surface area (Å²) in [5, 5.41) is 0. The van der Waals surface area contributed by atoms with Crippen molar-refractivity contribution in [2.24, 2.45) is 5.73 Å². The van der Waals surface area contributed by atoms with Gasteiger partial charge >= 0.3 is 6.18 Å². The topological polar surface area (TPSA) is 29.3 Å². The summed E-state index contributed by atoms with van der Waals surface area (Å²) < 4.78 is 37.5. The normalized spacial score (nSPS) is 20.8. The van der Waals surface area contributed by atoms with E-state index in [9.17, 15) is 13.2 Å². The van der Waals surface area contributed by atoms with Crippen LogP contribution in [0.4, 0.5) is 13.2 Å². The molecule has 1 aromatic carbocycles. The van der Waals surface area contributed by atoms with Gasteiger partial charge in [-0.3, -0.25) is 4.90 Å². The van der Waals surface area contributed by atoms with E-state index in [-0.39, 0.29) is 18.4 Å². The summed E-state index contributed by atoms with van der Waals surface area (Å²) in [7, 11) is 0. The van der Waals surface area contributed by atoms with Gasteiger partial charge in [0, 0.05) is 25.7 Å². The summed E-state index contributed by atoms with van der Waals surface area (Å²) in [5.74, 6) is 0. The van der Waals surface area contributed by atoms with Gasteiger partial charge in [0.15, 0.2) is 0 Å². The average molecular weight is 281 g/mol. The molecule has 1 aliphatic rings. The van der Waals surface area contributed by atoms with Gasteiger partial charge < -0.3 is 5.73 Å². The van der Waals surface area contributed by atoms with Crippen LogP contribution in [0.5, 0.6) is 0 Å². The highest BCUT2D eigenvalue weighted by atomic mass is 35.5. The fraction of sp³-hybridized carbons (Fsp3) is 0.500. The molecule has 0 aliphatic carbocycles. The van der Waals surface area contributed by atoms with Gasteiger partial charge in [-0.05, 0) is 18.1 Å². The fourth-order valence-electron chi connectivity index (χ4n) is 2.11. The molecule has 0 spiro atoms. The maximum absolute atomic E-state index is 12.5. The quantitative estimate of drug-likeness (QED) is 0.902. The van der Waals surface area contributed by atoms with Crippen molar-refractivity contribution < 1.29 is 13.2 Å². The second kappa shape index (κ2) is 5.91. The van der Waals surface area contributed by atoms with Crippen LogP contribution >= 0.6 is 12.4 Å². The van der Waals surface area contributed by atoms with Gasteiger partial charge in [-0.1, -0.05) is 18.2 Å². The van der Waals surface area contributed by atoms with Crippen LogP contribution in [0.1, 0.15) is 17.5 Å². The van der Waals surface area contributed by atoms with E-state index < -0.39 is 11.7 Å². The van der Waals surface area contributed by atoms with Gasteiger partial charge in [-0.2, -0.15) is 13.2 Å². The second-order valence-electron chi connectivity index (χ2n) is 4.48. The van der Waals surface area contributed by atoms with Gasteiger partial charge in [0.05, 0.1) is 5.56 Å². The van der Waals surface area contributed by atoms with Crippen LogP contribution in [0, 0.1) is 0 Å². The SMILES string of the molecule is Cl.NC1CCN(Cc2cccc(C(F)(F)F)c2)C1. The van der Waals surface area contributed by atoms with E-state index in [1.165, 1.54) is 12.1 Å². The third-order valence-electron chi connectivity index (χ3n) is 2.97. The van der Waals surface area contributed by atoms with Crippen LogP contribution in [0.15, 0.2) is 24.3 Å². The maximum atomic E-state index is 12.5. The van der Waals surface area contributed by atoms with Crippen LogP contribution < -0.4 is 5.73 Å². The zero-order valence-electron chi connectivity index (χ0n) is 9.78. The summed E-state index contributed by atoms with van der Waals surface area (Å²) in [6.45, 7) is 2.16. The van der Waals surface area contributed by atoms with Crippen molar-refractivity contribution in [3.8, 4) is 0 Å². The van der Waals surface area contributed by atoms with Crippen LogP contribution in [0.3, 0.4) is 0 Å². The number of alkyl halides is 3. The molecular formula is C12H16ClF3N2. The molecule has 1 heterocycles. The summed E-state index contributed by atoms with van der Waals surface area (Å²) in [5.41, 5.74) is 5.86. The molecule has 2 nitrogen and oxygen atoms in total. The predicted octanol–water partition coefficient (Wildman–Crippen LogP) is 2.66. The van der Waals surface area contributed by atoms with Gasteiger partial charge in [-0.15, -0.1) is 12.4 Å². The molecule has 102 valence electrons. The fourth-order valence-corrected chi connectivity index (χ4v) is 2.11. The smallest absolute Gasteiger partial charge is 0.326 e. The number of halogens is 4. The lowest BCUT2D eigenvalue weighted by Gasteiger charge is -2.16. The molecule has 1 atom stereocenters. The predicted molar refractivity (Wildman–Crippen MR) is 66.6 cm³/mol. The minimum absolute atomic E-state index is 0. The average Bonchev–Trinajstić information content (AvgIpc) is 2.63. The van der Waals surface area contributed by atoms with E-state index in [4.69, 9.17) is 5.73 Å². The largest absolute Gasteiger partial charge is 0.416 e. The summed E-state index contributed by atoms with van der Waals surface area (Å²) >= 11 is 0. The highest BCUT2D eigenvalue weighted by Crippen LogP contribution is 2.29. The van der Waals surface area contributed by atoms with Crippen LogP contribution in [-0.2, 0) is 12.7 Å².